The molecule has 0 amide bonds. The zero-order valence-corrected chi connectivity index (χ0v) is 12.9. The predicted octanol–water partition coefficient (Wildman–Crippen LogP) is 2.87. The van der Waals surface area contributed by atoms with E-state index in [9.17, 15) is 5.11 Å². The minimum absolute atomic E-state index is 0.441. The van der Waals surface area contributed by atoms with Crippen LogP contribution in [-0.2, 0) is 6.54 Å². The largest absolute Gasteiger partial charge is 0.444 e. The van der Waals surface area contributed by atoms with Gasteiger partial charge in [-0.25, -0.2) is 4.98 Å². The molecular weight excluding hydrogens is 290 g/mol. The van der Waals surface area contributed by atoms with E-state index < -0.39 is 6.10 Å². The lowest BCUT2D eigenvalue weighted by molar-refractivity contribution is 0.174. The van der Waals surface area contributed by atoms with Crippen LogP contribution in [0.2, 0.25) is 0 Å². The third-order valence-electron chi connectivity index (χ3n) is 3.58. The first-order chi connectivity index (χ1) is 11.2. The molecule has 1 aromatic carbocycles. The van der Waals surface area contributed by atoms with Gasteiger partial charge in [0.1, 0.15) is 6.26 Å². The highest BCUT2D eigenvalue weighted by atomic mass is 16.3. The lowest BCUT2D eigenvalue weighted by Gasteiger charge is -2.10. The molecule has 0 radical (unpaired) electrons. The number of aryl methyl sites for hydroxylation is 1. The first-order valence-corrected chi connectivity index (χ1v) is 7.52. The Morgan fingerprint density at radius 1 is 1.13 bits per heavy atom. The molecule has 2 N–H and O–H groups in total. The second kappa shape index (κ2) is 7.17. The molecule has 2 heterocycles. The summed E-state index contributed by atoms with van der Waals surface area (Å²) in [4.78, 5) is 8.40. The fourth-order valence-electron chi connectivity index (χ4n) is 2.26. The van der Waals surface area contributed by atoms with E-state index in [1.165, 1.54) is 5.56 Å². The summed E-state index contributed by atoms with van der Waals surface area (Å²) in [6.07, 6.45) is 4.41. The van der Waals surface area contributed by atoms with Gasteiger partial charge in [0.2, 0.25) is 5.89 Å². The lowest BCUT2D eigenvalue weighted by atomic mass is 10.1. The summed E-state index contributed by atoms with van der Waals surface area (Å²) in [5.74, 6) is 0.608. The highest BCUT2D eigenvalue weighted by molar-refractivity contribution is 5.53. The molecule has 2 aromatic heterocycles. The molecule has 23 heavy (non-hydrogen) atoms. The summed E-state index contributed by atoms with van der Waals surface area (Å²) in [6.45, 7) is 3.02. The van der Waals surface area contributed by atoms with Crippen molar-refractivity contribution in [2.45, 2.75) is 19.6 Å². The number of oxazole rings is 1. The number of benzene rings is 1. The van der Waals surface area contributed by atoms with E-state index in [2.05, 4.69) is 15.3 Å². The van der Waals surface area contributed by atoms with Crippen molar-refractivity contribution in [3.63, 3.8) is 0 Å². The second-order valence-electron chi connectivity index (χ2n) is 5.44. The highest BCUT2D eigenvalue weighted by Gasteiger charge is 2.09. The van der Waals surface area contributed by atoms with E-state index in [0.29, 0.717) is 19.0 Å². The van der Waals surface area contributed by atoms with Crippen LogP contribution in [0.25, 0.3) is 11.5 Å². The van der Waals surface area contributed by atoms with Crippen molar-refractivity contribution in [3.8, 4) is 11.5 Å². The summed E-state index contributed by atoms with van der Waals surface area (Å²) < 4.78 is 5.51. The maximum atomic E-state index is 10.1. The number of hydrogen-bond acceptors (Lipinski definition) is 5. The Kier molecular flexibility index (Phi) is 4.80. The summed E-state index contributed by atoms with van der Waals surface area (Å²) in [6, 6.07) is 11.7. The van der Waals surface area contributed by atoms with Crippen molar-refractivity contribution in [1.82, 2.24) is 15.3 Å². The molecule has 0 aliphatic carbocycles. The number of rotatable bonds is 6. The van der Waals surface area contributed by atoms with Gasteiger partial charge in [-0.05, 0) is 36.8 Å². The van der Waals surface area contributed by atoms with E-state index in [1.807, 2.05) is 31.2 Å². The van der Waals surface area contributed by atoms with Gasteiger partial charge in [-0.1, -0.05) is 17.7 Å². The number of aliphatic hydroxyl groups excluding tert-OH is 1. The smallest absolute Gasteiger partial charge is 0.226 e. The molecule has 3 rings (SSSR count). The fraction of sp³-hybridized carbons (Fsp3) is 0.222. The molecule has 0 bridgehead atoms. The van der Waals surface area contributed by atoms with Crippen molar-refractivity contribution in [2.75, 3.05) is 6.54 Å². The standard InChI is InChI=1S/C18H19N3O2/c1-13-2-4-15(5-3-13)18-21-16(12-23-18)10-20-11-17(22)14-6-8-19-9-7-14/h2-9,12,17,20,22H,10-11H2,1H3. The van der Waals surface area contributed by atoms with Crippen molar-refractivity contribution >= 4 is 0 Å². The second-order valence-corrected chi connectivity index (χ2v) is 5.44. The van der Waals surface area contributed by atoms with Gasteiger partial charge in [-0.3, -0.25) is 4.98 Å². The molecule has 1 unspecified atom stereocenters. The van der Waals surface area contributed by atoms with E-state index in [4.69, 9.17) is 4.42 Å². The molecular formula is C18H19N3O2. The van der Waals surface area contributed by atoms with Gasteiger partial charge in [0.25, 0.3) is 0 Å². The minimum atomic E-state index is -0.568. The molecule has 0 spiro atoms. The number of hydrogen-bond donors (Lipinski definition) is 2. The Balaban J connectivity index is 1.54. The Bertz CT molecular complexity index is 738. The van der Waals surface area contributed by atoms with Crippen LogP contribution in [0.5, 0.6) is 0 Å². The van der Waals surface area contributed by atoms with Gasteiger partial charge in [0, 0.05) is 31.0 Å². The molecule has 0 fully saturated rings. The van der Waals surface area contributed by atoms with E-state index in [-0.39, 0.29) is 0 Å². The van der Waals surface area contributed by atoms with Crippen LogP contribution in [0.3, 0.4) is 0 Å². The third-order valence-corrected chi connectivity index (χ3v) is 3.58. The summed E-state index contributed by atoms with van der Waals surface area (Å²) in [5.41, 5.74) is 3.81. The average Bonchev–Trinajstić information content (AvgIpc) is 3.05. The molecule has 0 saturated heterocycles. The van der Waals surface area contributed by atoms with Gasteiger partial charge in [-0.2, -0.15) is 0 Å². The average molecular weight is 309 g/mol. The molecule has 0 aliphatic rings. The van der Waals surface area contributed by atoms with Crippen molar-refractivity contribution < 1.29 is 9.52 Å². The molecule has 118 valence electrons. The highest BCUT2D eigenvalue weighted by Crippen LogP contribution is 2.19. The summed E-state index contributed by atoms with van der Waals surface area (Å²) in [7, 11) is 0. The maximum absolute atomic E-state index is 10.1. The first-order valence-electron chi connectivity index (χ1n) is 7.52. The van der Waals surface area contributed by atoms with Gasteiger partial charge < -0.3 is 14.8 Å². The summed E-state index contributed by atoms with van der Waals surface area (Å²) >= 11 is 0. The molecule has 0 aliphatic heterocycles. The van der Waals surface area contributed by atoms with Crippen LogP contribution in [0, 0.1) is 6.92 Å². The zero-order valence-electron chi connectivity index (χ0n) is 12.9. The van der Waals surface area contributed by atoms with Crippen molar-refractivity contribution in [2.24, 2.45) is 0 Å². The predicted molar refractivity (Wildman–Crippen MR) is 87.6 cm³/mol. The van der Waals surface area contributed by atoms with Crippen LogP contribution < -0.4 is 5.32 Å². The van der Waals surface area contributed by atoms with Crippen molar-refractivity contribution in [3.05, 3.63) is 71.9 Å². The van der Waals surface area contributed by atoms with Gasteiger partial charge in [0.05, 0.1) is 11.8 Å². The quantitative estimate of drug-likeness (QED) is 0.732. The normalized spacial score (nSPS) is 12.3. The molecule has 1 atom stereocenters. The van der Waals surface area contributed by atoms with E-state index in [0.717, 1.165) is 16.8 Å². The number of aliphatic hydroxyl groups is 1. The van der Waals surface area contributed by atoms with Crippen LogP contribution in [0.4, 0.5) is 0 Å². The molecule has 3 aromatic rings. The topological polar surface area (TPSA) is 71.2 Å². The molecule has 0 saturated carbocycles. The summed E-state index contributed by atoms with van der Waals surface area (Å²) in [5, 5.41) is 13.3. The van der Waals surface area contributed by atoms with Crippen LogP contribution >= 0.6 is 0 Å². The van der Waals surface area contributed by atoms with Crippen LogP contribution in [-0.4, -0.2) is 21.6 Å². The SMILES string of the molecule is Cc1ccc(-c2nc(CNCC(O)c3ccncc3)co2)cc1. The van der Waals surface area contributed by atoms with Crippen LogP contribution in [0.1, 0.15) is 22.9 Å². The van der Waals surface area contributed by atoms with Gasteiger partial charge >= 0.3 is 0 Å². The van der Waals surface area contributed by atoms with Gasteiger partial charge in [-0.15, -0.1) is 0 Å². The Morgan fingerprint density at radius 3 is 2.61 bits per heavy atom. The zero-order chi connectivity index (χ0) is 16.1. The maximum Gasteiger partial charge on any atom is 0.226 e. The third kappa shape index (κ3) is 4.03. The number of pyridine rings is 1. The number of aromatic nitrogens is 2. The molecule has 5 nitrogen and oxygen atoms in total. The monoisotopic (exact) mass is 309 g/mol. The fourth-order valence-corrected chi connectivity index (χ4v) is 2.26. The van der Waals surface area contributed by atoms with Crippen LogP contribution in [0.15, 0.2) is 59.5 Å². The Labute approximate surface area is 135 Å². The van der Waals surface area contributed by atoms with Crippen molar-refractivity contribution in [1.29, 1.82) is 0 Å². The number of nitrogens with one attached hydrogen (secondary N) is 1. The number of nitrogens with zero attached hydrogens (tertiary/aromatic N) is 2. The first kappa shape index (κ1) is 15.4. The van der Waals surface area contributed by atoms with Gasteiger partial charge in [0.15, 0.2) is 0 Å². The molecule has 5 heteroatoms. The Morgan fingerprint density at radius 2 is 1.87 bits per heavy atom. The van der Waals surface area contributed by atoms with E-state index >= 15 is 0 Å². The Hall–Kier alpha value is -2.50. The lowest BCUT2D eigenvalue weighted by Crippen LogP contribution is -2.21. The minimum Gasteiger partial charge on any atom is -0.444 e. The van der Waals surface area contributed by atoms with E-state index in [1.54, 1.807) is 30.8 Å².